The summed E-state index contributed by atoms with van der Waals surface area (Å²) >= 11 is 0. The first-order chi connectivity index (χ1) is 6.11. The Bertz CT molecular complexity index is 266. The van der Waals surface area contributed by atoms with Crippen molar-refractivity contribution < 1.29 is 19.8 Å². The Morgan fingerprint density at radius 1 is 1.00 bits per heavy atom. The van der Waals surface area contributed by atoms with Crippen LogP contribution in [-0.2, 0) is 9.59 Å². The van der Waals surface area contributed by atoms with Gasteiger partial charge in [0.05, 0.1) is 0 Å². The van der Waals surface area contributed by atoms with Crippen molar-refractivity contribution in [2.75, 3.05) is 0 Å². The second-order valence-corrected chi connectivity index (χ2v) is 3.64. The van der Waals surface area contributed by atoms with E-state index in [2.05, 4.69) is 0 Å². The fourth-order valence-electron chi connectivity index (χ4n) is 2.46. The van der Waals surface area contributed by atoms with Gasteiger partial charge in [0.1, 0.15) is 0 Å². The number of allylic oxidation sites excluding steroid dienone is 2. The monoisotopic (exact) mass is 180 g/mol. The van der Waals surface area contributed by atoms with Crippen molar-refractivity contribution in [1.82, 2.24) is 0 Å². The predicted molar refractivity (Wildman–Crippen MR) is 37.7 cm³/mol. The number of hydrogen-bond donors (Lipinski definition) is 0. The smallest absolute Gasteiger partial charge is 0.0457 e. The number of carbonyl (C=O) groups excluding carboxylic acids is 2. The van der Waals surface area contributed by atoms with Gasteiger partial charge in [-0.3, -0.25) is 0 Å². The Morgan fingerprint density at radius 3 is 1.69 bits per heavy atom. The molecule has 4 atom stereocenters. The summed E-state index contributed by atoms with van der Waals surface area (Å²) in [6.45, 7) is 0. The Hall–Kier alpha value is -1.32. The molecule has 0 heterocycles. The third-order valence-electron chi connectivity index (χ3n) is 3.00. The van der Waals surface area contributed by atoms with Crippen molar-refractivity contribution in [1.29, 1.82) is 0 Å². The molecule has 2 bridgehead atoms. The molecule has 0 aromatic carbocycles. The quantitative estimate of drug-likeness (QED) is 0.457. The standard InChI is InChI=1S/C9H10O4/c10-8(11)6-4-1-2-5(3-4)7(6)9(12)13/h1-2,4-7H,3H2,(H,10,11)(H,12,13)/p-2/t4-,5+,6-,7-/m1/s1. The molecule has 2 aliphatic carbocycles. The minimum absolute atomic E-state index is 0.169. The highest BCUT2D eigenvalue weighted by molar-refractivity contribution is 5.80. The van der Waals surface area contributed by atoms with Gasteiger partial charge in [0.2, 0.25) is 0 Å². The average Bonchev–Trinajstić information content (AvgIpc) is 2.60. The van der Waals surface area contributed by atoms with Gasteiger partial charge in [-0.2, -0.15) is 0 Å². The van der Waals surface area contributed by atoms with Crippen molar-refractivity contribution in [3.8, 4) is 0 Å². The summed E-state index contributed by atoms with van der Waals surface area (Å²) in [5.41, 5.74) is 0. The Morgan fingerprint density at radius 2 is 1.38 bits per heavy atom. The SMILES string of the molecule is O=C([O-])[C@H]1[C@H](C(=O)[O-])[C@H]2C=C[C@@H]1C2. The number of hydrogen-bond acceptors (Lipinski definition) is 4. The van der Waals surface area contributed by atoms with Crippen molar-refractivity contribution >= 4 is 11.9 Å². The molecule has 4 nitrogen and oxygen atoms in total. The second kappa shape index (κ2) is 2.58. The van der Waals surface area contributed by atoms with Crippen molar-refractivity contribution in [3.63, 3.8) is 0 Å². The lowest BCUT2D eigenvalue weighted by Crippen LogP contribution is -2.45. The maximum atomic E-state index is 10.7. The maximum absolute atomic E-state index is 10.7. The van der Waals surface area contributed by atoms with Gasteiger partial charge in [0.15, 0.2) is 0 Å². The van der Waals surface area contributed by atoms with Gasteiger partial charge in [0, 0.05) is 23.8 Å². The van der Waals surface area contributed by atoms with Crippen molar-refractivity contribution in [3.05, 3.63) is 12.2 Å². The van der Waals surface area contributed by atoms with Gasteiger partial charge in [-0.15, -0.1) is 0 Å². The number of carboxylic acid groups (broad SMARTS) is 2. The van der Waals surface area contributed by atoms with E-state index in [4.69, 9.17) is 0 Å². The first-order valence-corrected chi connectivity index (χ1v) is 4.21. The molecule has 0 N–H and O–H groups in total. The second-order valence-electron chi connectivity index (χ2n) is 3.64. The first kappa shape index (κ1) is 8.29. The molecule has 0 aromatic rings. The summed E-state index contributed by atoms with van der Waals surface area (Å²) in [7, 11) is 0. The van der Waals surface area contributed by atoms with Gasteiger partial charge in [0.25, 0.3) is 0 Å². The minimum atomic E-state index is -1.27. The van der Waals surface area contributed by atoms with Crippen LogP contribution in [0.25, 0.3) is 0 Å². The van der Waals surface area contributed by atoms with Crippen LogP contribution in [0.3, 0.4) is 0 Å². The Kier molecular flexibility index (Phi) is 1.65. The number of carboxylic acids is 2. The largest absolute Gasteiger partial charge is 0.550 e. The molecule has 70 valence electrons. The fourth-order valence-corrected chi connectivity index (χ4v) is 2.46. The molecule has 4 heteroatoms. The maximum Gasteiger partial charge on any atom is 0.0457 e. The molecule has 0 aliphatic heterocycles. The van der Waals surface area contributed by atoms with Crippen LogP contribution in [0.5, 0.6) is 0 Å². The van der Waals surface area contributed by atoms with E-state index in [1.165, 1.54) is 0 Å². The van der Waals surface area contributed by atoms with E-state index in [1.807, 2.05) is 0 Å². The molecule has 13 heavy (non-hydrogen) atoms. The van der Waals surface area contributed by atoms with Crippen LogP contribution >= 0.6 is 0 Å². The lowest BCUT2D eigenvalue weighted by Gasteiger charge is -2.29. The normalized spacial score (nSPS) is 40.9. The van der Waals surface area contributed by atoms with Crippen LogP contribution < -0.4 is 10.2 Å². The summed E-state index contributed by atoms with van der Waals surface area (Å²) in [5.74, 6) is -4.66. The number of carbonyl (C=O) groups is 2. The van der Waals surface area contributed by atoms with Crippen molar-refractivity contribution in [2.45, 2.75) is 6.42 Å². The number of fused-ring (bicyclic) bond motifs is 2. The zero-order valence-electron chi connectivity index (χ0n) is 6.80. The summed E-state index contributed by atoms with van der Waals surface area (Å²) in [4.78, 5) is 21.3. The summed E-state index contributed by atoms with van der Waals surface area (Å²) < 4.78 is 0. The molecule has 0 aromatic heterocycles. The molecule has 2 rings (SSSR count). The van der Waals surface area contributed by atoms with Crippen LogP contribution in [0.2, 0.25) is 0 Å². The van der Waals surface area contributed by atoms with Crippen molar-refractivity contribution in [2.24, 2.45) is 23.7 Å². The van der Waals surface area contributed by atoms with E-state index in [-0.39, 0.29) is 11.8 Å². The average molecular weight is 180 g/mol. The zero-order chi connectivity index (χ0) is 9.59. The van der Waals surface area contributed by atoms with Crippen LogP contribution in [-0.4, -0.2) is 11.9 Å². The van der Waals surface area contributed by atoms with Crippen LogP contribution in [0, 0.1) is 23.7 Å². The van der Waals surface area contributed by atoms with E-state index < -0.39 is 23.8 Å². The van der Waals surface area contributed by atoms with Crippen LogP contribution in [0.4, 0.5) is 0 Å². The number of aliphatic carboxylic acids is 2. The van der Waals surface area contributed by atoms with Gasteiger partial charge in [-0.1, -0.05) is 12.2 Å². The Balaban J connectivity index is 2.30. The third kappa shape index (κ3) is 1.05. The molecule has 1 fully saturated rings. The fraction of sp³-hybridized carbons (Fsp3) is 0.556. The summed E-state index contributed by atoms with van der Waals surface area (Å²) in [6, 6.07) is 0. The van der Waals surface area contributed by atoms with Gasteiger partial charge >= 0.3 is 0 Å². The highest BCUT2D eigenvalue weighted by Gasteiger charge is 2.45. The van der Waals surface area contributed by atoms with Crippen LogP contribution in [0.1, 0.15) is 6.42 Å². The molecule has 1 saturated carbocycles. The van der Waals surface area contributed by atoms with Gasteiger partial charge in [-0.25, -0.2) is 0 Å². The van der Waals surface area contributed by atoms with E-state index in [0.29, 0.717) is 6.42 Å². The molecule has 0 spiro atoms. The minimum Gasteiger partial charge on any atom is -0.550 e. The molecule has 2 aliphatic rings. The highest BCUT2D eigenvalue weighted by atomic mass is 16.4. The van der Waals surface area contributed by atoms with E-state index >= 15 is 0 Å². The third-order valence-corrected chi connectivity index (χ3v) is 3.00. The van der Waals surface area contributed by atoms with E-state index in [0.717, 1.165) is 0 Å². The Labute approximate surface area is 74.9 Å². The molecule has 0 radical (unpaired) electrons. The lowest BCUT2D eigenvalue weighted by atomic mass is 9.83. The van der Waals surface area contributed by atoms with E-state index in [9.17, 15) is 19.8 Å². The topological polar surface area (TPSA) is 80.3 Å². The molecular weight excluding hydrogens is 172 g/mol. The van der Waals surface area contributed by atoms with E-state index in [1.54, 1.807) is 12.2 Å². The summed E-state index contributed by atoms with van der Waals surface area (Å²) in [6.07, 6.45) is 4.15. The molecule has 0 saturated heterocycles. The highest BCUT2D eigenvalue weighted by Crippen LogP contribution is 2.47. The summed E-state index contributed by atoms with van der Waals surface area (Å²) in [5, 5.41) is 21.3. The number of rotatable bonds is 2. The molecule has 0 unspecified atom stereocenters. The van der Waals surface area contributed by atoms with Crippen LogP contribution in [0.15, 0.2) is 12.2 Å². The van der Waals surface area contributed by atoms with Gasteiger partial charge in [-0.05, 0) is 18.3 Å². The molecule has 0 amide bonds. The zero-order valence-corrected chi connectivity index (χ0v) is 6.80. The molecular formula is C9H8O4-2. The van der Waals surface area contributed by atoms with Gasteiger partial charge < -0.3 is 19.8 Å². The first-order valence-electron chi connectivity index (χ1n) is 4.21. The lowest BCUT2D eigenvalue weighted by molar-refractivity contribution is -0.327. The predicted octanol–water partition coefficient (Wildman–Crippen LogP) is -2.08.